The van der Waals surface area contributed by atoms with Crippen LogP contribution in [-0.4, -0.2) is 16.0 Å². The average Bonchev–Trinajstić information content (AvgIpc) is 2.96. The highest BCUT2D eigenvalue weighted by Crippen LogP contribution is 2.34. The fourth-order valence-electron chi connectivity index (χ4n) is 1.95. The number of aromatic nitrogens is 2. The predicted molar refractivity (Wildman–Crippen MR) is 58.5 cm³/mol. The zero-order valence-corrected chi connectivity index (χ0v) is 8.95. The predicted octanol–water partition coefficient (Wildman–Crippen LogP) is 2.00. The first-order valence-electron chi connectivity index (χ1n) is 5.97. The Kier molecular flexibility index (Phi) is 2.41. The first-order chi connectivity index (χ1) is 7.42. The lowest BCUT2D eigenvalue weighted by Crippen LogP contribution is -2.19. The lowest BCUT2D eigenvalue weighted by Gasteiger charge is -2.24. The van der Waals surface area contributed by atoms with Crippen molar-refractivity contribution in [3.8, 4) is 0 Å². The van der Waals surface area contributed by atoms with E-state index in [4.69, 9.17) is 0 Å². The first-order valence-corrected chi connectivity index (χ1v) is 5.97. The molecule has 0 spiro atoms. The molecule has 0 amide bonds. The van der Waals surface area contributed by atoms with E-state index >= 15 is 0 Å². The Bertz CT molecular complexity index is 342. The van der Waals surface area contributed by atoms with Gasteiger partial charge in [0.25, 0.3) is 0 Å². The molecule has 3 nitrogen and oxygen atoms in total. The van der Waals surface area contributed by atoms with E-state index in [1.54, 1.807) is 0 Å². The molecule has 3 rings (SSSR count). The monoisotopic (exact) mass is 203 g/mol. The molecule has 2 saturated carbocycles. The summed E-state index contributed by atoms with van der Waals surface area (Å²) in [6.07, 6.45) is 8.54. The van der Waals surface area contributed by atoms with Crippen LogP contribution in [0.15, 0.2) is 12.3 Å². The van der Waals surface area contributed by atoms with E-state index in [2.05, 4.69) is 21.4 Å². The Morgan fingerprint density at radius 3 is 2.80 bits per heavy atom. The van der Waals surface area contributed by atoms with Gasteiger partial charge in [-0.2, -0.15) is 0 Å². The molecule has 0 radical (unpaired) electrons. The Hall–Kier alpha value is -0.960. The Morgan fingerprint density at radius 1 is 1.27 bits per heavy atom. The molecule has 0 aromatic carbocycles. The Balaban J connectivity index is 1.65. The molecule has 80 valence electrons. The number of nitrogens with zero attached hydrogens (tertiary/aromatic N) is 2. The Morgan fingerprint density at radius 2 is 2.13 bits per heavy atom. The van der Waals surface area contributed by atoms with Crippen LogP contribution >= 0.6 is 0 Å². The summed E-state index contributed by atoms with van der Waals surface area (Å²) in [6, 6.07) is 2.81. The maximum absolute atomic E-state index is 4.62. The van der Waals surface area contributed by atoms with Gasteiger partial charge in [0.1, 0.15) is 5.82 Å². The van der Waals surface area contributed by atoms with Crippen LogP contribution in [0, 0.1) is 0 Å². The van der Waals surface area contributed by atoms with Crippen molar-refractivity contribution in [2.24, 2.45) is 0 Å². The molecule has 1 heterocycles. The van der Waals surface area contributed by atoms with Gasteiger partial charge in [-0.3, -0.25) is 0 Å². The molecule has 2 aliphatic carbocycles. The molecule has 2 aliphatic rings. The summed E-state index contributed by atoms with van der Waals surface area (Å²) < 4.78 is 0. The van der Waals surface area contributed by atoms with Crippen molar-refractivity contribution in [1.82, 2.24) is 15.3 Å². The summed E-state index contributed by atoms with van der Waals surface area (Å²) >= 11 is 0. The zero-order valence-electron chi connectivity index (χ0n) is 8.95. The minimum atomic E-state index is 0.715. The number of rotatable bonds is 4. The standard InChI is InChI=1S/C12H17N3/c1-2-9(3-1)11-6-7-13-12(15-11)8-14-10-4-5-10/h6-7,9-10,14H,1-5,8H2. The fraction of sp³-hybridized carbons (Fsp3) is 0.667. The van der Waals surface area contributed by atoms with E-state index in [9.17, 15) is 0 Å². The highest BCUT2D eigenvalue weighted by molar-refractivity contribution is 5.11. The molecular weight excluding hydrogens is 186 g/mol. The number of hydrogen-bond donors (Lipinski definition) is 1. The van der Waals surface area contributed by atoms with Crippen LogP contribution in [0.2, 0.25) is 0 Å². The molecule has 1 aromatic rings. The summed E-state index contributed by atoms with van der Waals surface area (Å²) in [5, 5.41) is 3.45. The van der Waals surface area contributed by atoms with Gasteiger partial charge in [0, 0.05) is 23.9 Å². The van der Waals surface area contributed by atoms with E-state index in [0.717, 1.165) is 18.4 Å². The van der Waals surface area contributed by atoms with Crippen molar-refractivity contribution in [1.29, 1.82) is 0 Å². The smallest absolute Gasteiger partial charge is 0.142 e. The topological polar surface area (TPSA) is 37.8 Å². The first kappa shape index (κ1) is 9.28. The van der Waals surface area contributed by atoms with Crippen molar-refractivity contribution >= 4 is 0 Å². The summed E-state index contributed by atoms with van der Waals surface area (Å²) in [4.78, 5) is 8.93. The normalized spacial score (nSPS) is 21.3. The lowest BCUT2D eigenvalue weighted by molar-refractivity contribution is 0.409. The molecular formula is C12H17N3. The van der Waals surface area contributed by atoms with E-state index < -0.39 is 0 Å². The highest BCUT2D eigenvalue weighted by atomic mass is 15.0. The van der Waals surface area contributed by atoms with E-state index in [-0.39, 0.29) is 0 Å². The van der Waals surface area contributed by atoms with Crippen molar-refractivity contribution in [3.05, 3.63) is 23.8 Å². The minimum absolute atomic E-state index is 0.715. The molecule has 3 heteroatoms. The molecule has 0 unspecified atom stereocenters. The van der Waals surface area contributed by atoms with E-state index in [1.807, 2.05) is 6.20 Å². The Labute approximate surface area is 90.3 Å². The van der Waals surface area contributed by atoms with Gasteiger partial charge < -0.3 is 5.32 Å². The summed E-state index contributed by atoms with van der Waals surface area (Å²) in [6.45, 7) is 0.839. The van der Waals surface area contributed by atoms with E-state index in [0.29, 0.717) is 5.92 Å². The average molecular weight is 203 g/mol. The van der Waals surface area contributed by atoms with Gasteiger partial charge in [-0.15, -0.1) is 0 Å². The van der Waals surface area contributed by atoms with Crippen LogP contribution in [0.25, 0.3) is 0 Å². The molecule has 2 fully saturated rings. The third-order valence-corrected chi connectivity index (χ3v) is 3.38. The van der Waals surface area contributed by atoms with Gasteiger partial charge in [-0.25, -0.2) is 9.97 Å². The van der Waals surface area contributed by atoms with Gasteiger partial charge in [-0.1, -0.05) is 6.42 Å². The maximum atomic E-state index is 4.62. The molecule has 0 saturated heterocycles. The number of hydrogen-bond acceptors (Lipinski definition) is 3. The van der Waals surface area contributed by atoms with Gasteiger partial charge >= 0.3 is 0 Å². The maximum Gasteiger partial charge on any atom is 0.142 e. The van der Waals surface area contributed by atoms with Crippen molar-refractivity contribution in [3.63, 3.8) is 0 Å². The fourth-order valence-corrected chi connectivity index (χ4v) is 1.95. The second-order valence-corrected chi connectivity index (χ2v) is 4.68. The molecule has 0 bridgehead atoms. The van der Waals surface area contributed by atoms with Crippen molar-refractivity contribution in [2.75, 3.05) is 0 Å². The summed E-state index contributed by atoms with van der Waals surface area (Å²) in [5.74, 6) is 1.68. The third-order valence-electron chi connectivity index (χ3n) is 3.38. The van der Waals surface area contributed by atoms with Crippen molar-refractivity contribution in [2.45, 2.75) is 50.6 Å². The SMILES string of the molecule is c1cc(C2CCC2)nc(CNC2CC2)n1. The molecule has 1 aromatic heterocycles. The lowest BCUT2D eigenvalue weighted by atomic mass is 9.83. The molecule has 0 aliphatic heterocycles. The molecule has 0 atom stereocenters. The van der Waals surface area contributed by atoms with E-state index in [1.165, 1.54) is 37.8 Å². The summed E-state index contributed by atoms with van der Waals surface area (Å²) in [5.41, 5.74) is 1.25. The highest BCUT2D eigenvalue weighted by Gasteiger charge is 2.22. The van der Waals surface area contributed by atoms with Gasteiger partial charge in [0.05, 0.1) is 6.54 Å². The molecule has 15 heavy (non-hydrogen) atoms. The third kappa shape index (κ3) is 2.17. The van der Waals surface area contributed by atoms with Gasteiger partial charge in [-0.05, 0) is 31.7 Å². The largest absolute Gasteiger partial charge is 0.307 e. The minimum Gasteiger partial charge on any atom is -0.307 e. The zero-order chi connectivity index (χ0) is 10.1. The van der Waals surface area contributed by atoms with Crippen LogP contribution in [0.3, 0.4) is 0 Å². The quantitative estimate of drug-likeness (QED) is 0.813. The second-order valence-electron chi connectivity index (χ2n) is 4.68. The second kappa shape index (κ2) is 3.89. The van der Waals surface area contributed by atoms with Crippen LogP contribution < -0.4 is 5.32 Å². The number of nitrogens with one attached hydrogen (secondary N) is 1. The summed E-state index contributed by atoms with van der Waals surface area (Å²) in [7, 11) is 0. The van der Waals surface area contributed by atoms with Gasteiger partial charge in [0.15, 0.2) is 0 Å². The molecule has 1 N–H and O–H groups in total. The van der Waals surface area contributed by atoms with Gasteiger partial charge in [0.2, 0.25) is 0 Å². The van der Waals surface area contributed by atoms with Crippen LogP contribution in [-0.2, 0) is 6.54 Å². The van der Waals surface area contributed by atoms with Crippen LogP contribution in [0.5, 0.6) is 0 Å². The van der Waals surface area contributed by atoms with Crippen LogP contribution in [0.1, 0.15) is 49.5 Å². The van der Waals surface area contributed by atoms with Crippen molar-refractivity contribution < 1.29 is 0 Å². The van der Waals surface area contributed by atoms with Crippen LogP contribution in [0.4, 0.5) is 0 Å².